The molecule has 1 N–H and O–H groups in total. The van der Waals surface area contributed by atoms with Gasteiger partial charge in [-0.25, -0.2) is 4.98 Å². The number of nitrogens with zero attached hydrogens (tertiary/aromatic N) is 2. The van der Waals surface area contributed by atoms with Gasteiger partial charge in [-0.05, 0) is 28.9 Å². The first-order valence-corrected chi connectivity index (χ1v) is 11.7. The summed E-state index contributed by atoms with van der Waals surface area (Å²) in [6, 6.07) is 1.64. The summed E-state index contributed by atoms with van der Waals surface area (Å²) in [6.07, 6.45) is 0. The maximum absolute atomic E-state index is 5.84. The largest absolute Gasteiger partial charge is 0.361 e. The van der Waals surface area contributed by atoms with Gasteiger partial charge in [-0.2, -0.15) is 0 Å². The Bertz CT molecular complexity index is 427. The molecule has 0 unspecified atom stereocenters. The first kappa shape index (κ1) is 17.9. The maximum Gasteiger partial charge on any atom is 0.125 e. The number of aryl methyl sites for hydroxylation is 1. The fraction of sp³-hybridized carbons (Fsp3) is 0.786. The van der Waals surface area contributed by atoms with Crippen LogP contribution in [0.25, 0.3) is 0 Å². The fourth-order valence-electron chi connectivity index (χ4n) is 1.70. The van der Waals surface area contributed by atoms with Crippen LogP contribution >= 0.6 is 15.9 Å². The number of hydrogen-bond acceptors (Lipinski definition) is 3. The average molecular weight is 362 g/mol. The Kier molecular flexibility index (Phi) is 6.91. The van der Waals surface area contributed by atoms with Gasteiger partial charge in [-0.15, -0.1) is 0 Å². The Balaban J connectivity index is 2.59. The minimum absolute atomic E-state index is 0.451. The van der Waals surface area contributed by atoms with E-state index in [4.69, 9.17) is 4.74 Å². The molecule has 1 rings (SSSR count). The van der Waals surface area contributed by atoms with Gasteiger partial charge in [0.1, 0.15) is 17.2 Å². The maximum atomic E-state index is 5.84. The van der Waals surface area contributed by atoms with E-state index in [2.05, 4.69) is 64.3 Å². The van der Waals surface area contributed by atoms with Crippen molar-refractivity contribution in [1.82, 2.24) is 14.9 Å². The lowest BCUT2D eigenvalue weighted by molar-refractivity contribution is 0.0833. The lowest BCUT2D eigenvalue weighted by Crippen LogP contribution is -2.25. The number of nitrogens with one attached hydrogen (secondary N) is 1. The molecular formula is C14H28BrN3OSi. The minimum Gasteiger partial charge on any atom is -0.361 e. The SMILES string of the molecule is Cc1nc(CNC(C)C)n(COCC[Si](C)(C)C)c1Br. The number of ether oxygens (including phenoxy) is 1. The third-order valence-electron chi connectivity index (χ3n) is 3.03. The fourth-order valence-corrected chi connectivity index (χ4v) is 2.86. The Morgan fingerprint density at radius 3 is 2.55 bits per heavy atom. The monoisotopic (exact) mass is 361 g/mol. The van der Waals surface area contributed by atoms with E-state index in [9.17, 15) is 0 Å². The molecule has 1 heterocycles. The van der Waals surface area contributed by atoms with Crippen molar-refractivity contribution in [2.45, 2.75) is 65.8 Å². The van der Waals surface area contributed by atoms with Crippen LogP contribution in [-0.4, -0.2) is 30.3 Å². The van der Waals surface area contributed by atoms with Crippen molar-refractivity contribution in [2.75, 3.05) is 6.61 Å². The van der Waals surface area contributed by atoms with Crippen LogP contribution in [0.2, 0.25) is 25.7 Å². The second kappa shape index (κ2) is 7.73. The van der Waals surface area contributed by atoms with E-state index >= 15 is 0 Å². The van der Waals surface area contributed by atoms with Crippen molar-refractivity contribution in [3.05, 3.63) is 16.1 Å². The van der Waals surface area contributed by atoms with Gasteiger partial charge < -0.3 is 10.1 Å². The van der Waals surface area contributed by atoms with E-state index in [0.717, 1.165) is 29.3 Å². The molecule has 1 aromatic rings. The van der Waals surface area contributed by atoms with Gasteiger partial charge in [0.05, 0.1) is 12.2 Å². The van der Waals surface area contributed by atoms with E-state index in [1.807, 2.05) is 6.92 Å². The molecular weight excluding hydrogens is 334 g/mol. The lowest BCUT2D eigenvalue weighted by atomic mass is 10.4. The van der Waals surface area contributed by atoms with Gasteiger partial charge in [0.2, 0.25) is 0 Å². The highest BCUT2D eigenvalue weighted by Gasteiger charge is 2.14. The van der Waals surface area contributed by atoms with Crippen LogP contribution in [0.1, 0.15) is 25.4 Å². The van der Waals surface area contributed by atoms with Crippen LogP contribution in [0.3, 0.4) is 0 Å². The van der Waals surface area contributed by atoms with Gasteiger partial charge in [0.15, 0.2) is 0 Å². The normalized spacial score (nSPS) is 12.4. The summed E-state index contributed by atoms with van der Waals surface area (Å²) in [6.45, 7) is 15.6. The summed E-state index contributed by atoms with van der Waals surface area (Å²) in [7, 11) is -1.02. The van der Waals surface area contributed by atoms with Gasteiger partial charge in [-0.1, -0.05) is 33.5 Å². The predicted molar refractivity (Wildman–Crippen MR) is 90.7 cm³/mol. The molecule has 0 saturated carbocycles. The standard InChI is InChI=1S/C14H28BrN3OSi/c1-11(2)16-9-13-17-12(3)14(15)18(13)10-19-7-8-20(4,5)6/h11,16H,7-10H2,1-6H3. The average Bonchev–Trinajstić information content (AvgIpc) is 2.58. The van der Waals surface area contributed by atoms with E-state index in [1.165, 1.54) is 6.04 Å². The topological polar surface area (TPSA) is 39.1 Å². The zero-order chi connectivity index (χ0) is 15.3. The van der Waals surface area contributed by atoms with Crippen LogP contribution < -0.4 is 5.32 Å². The predicted octanol–water partition coefficient (Wildman–Crippen LogP) is 3.76. The quantitative estimate of drug-likeness (QED) is 0.565. The zero-order valence-electron chi connectivity index (χ0n) is 13.6. The van der Waals surface area contributed by atoms with Crippen molar-refractivity contribution < 1.29 is 4.74 Å². The van der Waals surface area contributed by atoms with E-state index in [1.54, 1.807) is 0 Å². The first-order valence-electron chi connectivity index (χ1n) is 7.23. The van der Waals surface area contributed by atoms with Crippen molar-refractivity contribution in [3.63, 3.8) is 0 Å². The summed E-state index contributed by atoms with van der Waals surface area (Å²) < 4.78 is 8.96. The molecule has 0 aromatic carbocycles. The summed E-state index contributed by atoms with van der Waals surface area (Å²) in [5.74, 6) is 1.02. The lowest BCUT2D eigenvalue weighted by Gasteiger charge is -2.16. The molecule has 4 nitrogen and oxygen atoms in total. The molecule has 0 radical (unpaired) electrons. The molecule has 0 amide bonds. The van der Waals surface area contributed by atoms with E-state index in [0.29, 0.717) is 12.8 Å². The molecule has 116 valence electrons. The van der Waals surface area contributed by atoms with Crippen molar-refractivity contribution in [3.8, 4) is 0 Å². The number of halogens is 1. The Morgan fingerprint density at radius 2 is 2.00 bits per heavy atom. The van der Waals surface area contributed by atoms with Crippen LogP contribution in [0.15, 0.2) is 4.60 Å². The molecule has 0 spiro atoms. The van der Waals surface area contributed by atoms with Gasteiger partial charge in [-0.3, -0.25) is 4.57 Å². The second-order valence-corrected chi connectivity index (χ2v) is 13.1. The molecule has 0 bridgehead atoms. The summed E-state index contributed by atoms with van der Waals surface area (Å²) in [4.78, 5) is 4.59. The highest BCUT2D eigenvalue weighted by Crippen LogP contribution is 2.18. The number of aromatic nitrogens is 2. The third kappa shape index (κ3) is 6.07. The molecule has 0 aliphatic rings. The first-order chi connectivity index (χ1) is 9.20. The molecule has 0 saturated heterocycles. The summed E-state index contributed by atoms with van der Waals surface area (Å²) >= 11 is 3.60. The van der Waals surface area contributed by atoms with E-state index < -0.39 is 8.07 Å². The molecule has 20 heavy (non-hydrogen) atoms. The zero-order valence-corrected chi connectivity index (χ0v) is 16.2. The molecule has 0 atom stereocenters. The number of hydrogen-bond donors (Lipinski definition) is 1. The number of imidazole rings is 1. The second-order valence-electron chi connectivity index (χ2n) is 6.72. The summed E-state index contributed by atoms with van der Waals surface area (Å²) in [5.41, 5.74) is 1.01. The third-order valence-corrected chi connectivity index (χ3v) is 5.74. The Labute approximate surface area is 132 Å². The highest BCUT2D eigenvalue weighted by atomic mass is 79.9. The van der Waals surface area contributed by atoms with Crippen LogP contribution in [0.4, 0.5) is 0 Å². The molecule has 1 aromatic heterocycles. The van der Waals surface area contributed by atoms with Gasteiger partial charge in [0.25, 0.3) is 0 Å². The van der Waals surface area contributed by atoms with Crippen molar-refractivity contribution in [2.24, 2.45) is 0 Å². The molecule has 0 aliphatic heterocycles. The Morgan fingerprint density at radius 1 is 1.35 bits per heavy atom. The number of rotatable bonds is 8. The minimum atomic E-state index is -1.02. The van der Waals surface area contributed by atoms with Gasteiger partial charge >= 0.3 is 0 Å². The highest BCUT2D eigenvalue weighted by molar-refractivity contribution is 9.10. The van der Waals surface area contributed by atoms with Gasteiger partial charge in [0, 0.05) is 20.7 Å². The molecule has 6 heteroatoms. The van der Waals surface area contributed by atoms with Crippen LogP contribution in [0.5, 0.6) is 0 Å². The smallest absolute Gasteiger partial charge is 0.125 e. The van der Waals surface area contributed by atoms with Crippen LogP contribution in [0, 0.1) is 6.92 Å². The van der Waals surface area contributed by atoms with Crippen LogP contribution in [-0.2, 0) is 18.0 Å². The van der Waals surface area contributed by atoms with Crippen molar-refractivity contribution in [1.29, 1.82) is 0 Å². The van der Waals surface area contributed by atoms with Crippen molar-refractivity contribution >= 4 is 24.0 Å². The van der Waals surface area contributed by atoms with E-state index in [-0.39, 0.29) is 0 Å². The summed E-state index contributed by atoms with van der Waals surface area (Å²) in [5, 5.41) is 3.40. The molecule has 0 aliphatic carbocycles. The Hall–Kier alpha value is -0.173. The molecule has 0 fully saturated rings.